The lowest BCUT2D eigenvalue weighted by molar-refractivity contribution is -0.0457. The third-order valence-electron chi connectivity index (χ3n) is 4.44. The summed E-state index contributed by atoms with van der Waals surface area (Å²) in [5.74, 6) is -0.111. The Hall–Kier alpha value is -2.37. The van der Waals surface area contributed by atoms with Crippen LogP contribution in [0.5, 0.6) is 0 Å². The fourth-order valence-electron chi connectivity index (χ4n) is 3.02. The summed E-state index contributed by atoms with van der Waals surface area (Å²) in [5, 5.41) is 3.10. The van der Waals surface area contributed by atoms with Crippen LogP contribution < -0.4 is 5.32 Å². The van der Waals surface area contributed by atoms with Crippen LogP contribution in [0, 0.1) is 0 Å². The topological polar surface area (TPSA) is 52.5 Å². The molecule has 0 radical (unpaired) electrons. The van der Waals surface area contributed by atoms with E-state index in [-0.39, 0.29) is 18.1 Å². The van der Waals surface area contributed by atoms with Crippen LogP contribution in [0.3, 0.4) is 0 Å². The molecular weight excluding hydrogens is 328 g/mol. The van der Waals surface area contributed by atoms with Crippen LogP contribution in [0.15, 0.2) is 60.4 Å². The number of hydrogen-bond acceptors (Lipinski definition) is 3. The van der Waals surface area contributed by atoms with Gasteiger partial charge in [0.15, 0.2) is 0 Å². The number of nitrogens with zero attached hydrogens (tertiary/aromatic N) is 1. The summed E-state index contributed by atoms with van der Waals surface area (Å²) in [6, 6.07) is 11.3. The third-order valence-corrected chi connectivity index (χ3v) is 4.44. The number of ether oxygens (including phenoxy) is 2. The molecule has 138 valence electrons. The first-order valence-electron chi connectivity index (χ1n) is 9.01. The van der Waals surface area contributed by atoms with Crippen molar-refractivity contribution in [1.29, 1.82) is 0 Å². The maximum Gasteiger partial charge on any atom is 0.253 e. The van der Waals surface area contributed by atoms with Crippen molar-refractivity contribution < 1.29 is 14.3 Å². The van der Waals surface area contributed by atoms with Gasteiger partial charge in [0.05, 0.1) is 36.6 Å². The monoisotopic (exact) mass is 354 g/mol. The molecule has 2 atom stereocenters. The summed E-state index contributed by atoms with van der Waals surface area (Å²) < 4.78 is 13.5. The van der Waals surface area contributed by atoms with Gasteiger partial charge in [-0.25, -0.2) is 0 Å². The smallest absolute Gasteiger partial charge is 0.253 e. The zero-order chi connectivity index (χ0) is 18.4. The Morgan fingerprint density at radius 3 is 2.81 bits per heavy atom. The molecule has 0 saturated carbocycles. The van der Waals surface area contributed by atoms with Crippen molar-refractivity contribution in [2.75, 3.05) is 19.8 Å². The van der Waals surface area contributed by atoms with Crippen LogP contribution in [-0.2, 0) is 9.47 Å². The summed E-state index contributed by atoms with van der Waals surface area (Å²) in [4.78, 5) is 12.9. The predicted octanol–water partition coefficient (Wildman–Crippen LogP) is 3.35. The normalized spacial score (nSPS) is 19.8. The molecule has 1 aliphatic rings. The molecule has 1 aromatic carbocycles. The van der Waals surface area contributed by atoms with Gasteiger partial charge < -0.3 is 19.4 Å². The van der Waals surface area contributed by atoms with Crippen LogP contribution in [-0.4, -0.2) is 42.4 Å². The van der Waals surface area contributed by atoms with E-state index in [0.29, 0.717) is 25.4 Å². The molecule has 0 unspecified atom stereocenters. The molecule has 0 aliphatic carbocycles. The minimum atomic E-state index is -0.153. The Labute approximate surface area is 154 Å². The average molecular weight is 354 g/mol. The van der Waals surface area contributed by atoms with Gasteiger partial charge in [-0.2, -0.15) is 0 Å². The molecule has 26 heavy (non-hydrogen) atoms. The second kappa shape index (κ2) is 8.83. The molecule has 1 N–H and O–H groups in total. The second-order valence-corrected chi connectivity index (χ2v) is 6.70. The molecule has 1 saturated heterocycles. The molecule has 1 fully saturated rings. The van der Waals surface area contributed by atoms with Gasteiger partial charge >= 0.3 is 0 Å². The SMILES string of the molecule is CC(C)=CCO[C@@H]1CCOC[C@@H]1NC(=O)c1ccccc1-n1cccc1. The number of nitrogens with one attached hydrogen (secondary N) is 1. The lowest BCUT2D eigenvalue weighted by Crippen LogP contribution is -2.50. The van der Waals surface area contributed by atoms with E-state index < -0.39 is 0 Å². The highest BCUT2D eigenvalue weighted by Gasteiger charge is 2.28. The Morgan fingerprint density at radius 2 is 2.04 bits per heavy atom. The number of amides is 1. The van der Waals surface area contributed by atoms with Crippen molar-refractivity contribution in [1.82, 2.24) is 9.88 Å². The average Bonchev–Trinajstić information content (AvgIpc) is 3.17. The number of allylic oxidation sites excluding steroid dienone is 1. The molecular formula is C21H26N2O3. The first-order valence-corrected chi connectivity index (χ1v) is 9.01. The number of para-hydroxylation sites is 1. The number of carbonyl (C=O) groups is 1. The molecule has 0 spiro atoms. The van der Waals surface area contributed by atoms with Gasteiger partial charge in [-0.05, 0) is 44.5 Å². The quantitative estimate of drug-likeness (QED) is 0.810. The Bertz CT molecular complexity index is 748. The summed E-state index contributed by atoms with van der Waals surface area (Å²) in [7, 11) is 0. The van der Waals surface area contributed by atoms with Crippen molar-refractivity contribution >= 4 is 5.91 Å². The number of aromatic nitrogens is 1. The molecule has 1 amide bonds. The second-order valence-electron chi connectivity index (χ2n) is 6.70. The first-order chi connectivity index (χ1) is 12.6. The van der Waals surface area contributed by atoms with Gasteiger partial charge in [0.2, 0.25) is 0 Å². The molecule has 0 bridgehead atoms. The van der Waals surface area contributed by atoms with Gasteiger partial charge in [-0.1, -0.05) is 23.8 Å². The van der Waals surface area contributed by atoms with Gasteiger partial charge in [0.1, 0.15) is 0 Å². The molecule has 3 rings (SSSR count). The van der Waals surface area contributed by atoms with E-state index in [1.807, 2.05) is 67.2 Å². The lowest BCUT2D eigenvalue weighted by Gasteiger charge is -2.32. The molecule has 2 aromatic rings. The van der Waals surface area contributed by atoms with E-state index in [4.69, 9.17) is 9.47 Å². The standard InChI is InChI=1S/C21H26N2O3/c1-16(2)9-14-26-20-10-13-25-15-18(20)22-21(24)17-7-3-4-8-19(17)23-11-5-6-12-23/h3-9,11-12,18,20H,10,13-15H2,1-2H3,(H,22,24)/t18-,20+/m0/s1. The minimum absolute atomic E-state index is 0.0398. The molecule has 1 aromatic heterocycles. The van der Waals surface area contributed by atoms with E-state index >= 15 is 0 Å². The Kier molecular flexibility index (Phi) is 6.26. The number of carbonyl (C=O) groups excluding carboxylic acids is 1. The van der Waals surface area contributed by atoms with Crippen LogP contribution in [0.25, 0.3) is 5.69 Å². The molecule has 2 heterocycles. The first kappa shape index (κ1) is 18.4. The highest BCUT2D eigenvalue weighted by atomic mass is 16.5. The molecule has 5 nitrogen and oxygen atoms in total. The minimum Gasteiger partial charge on any atom is -0.379 e. The predicted molar refractivity (Wildman–Crippen MR) is 102 cm³/mol. The summed E-state index contributed by atoms with van der Waals surface area (Å²) >= 11 is 0. The maximum atomic E-state index is 12.9. The number of hydrogen-bond donors (Lipinski definition) is 1. The van der Waals surface area contributed by atoms with Crippen molar-refractivity contribution in [3.05, 3.63) is 66.0 Å². The highest BCUT2D eigenvalue weighted by molar-refractivity contribution is 5.98. The number of benzene rings is 1. The van der Waals surface area contributed by atoms with Crippen molar-refractivity contribution in [2.45, 2.75) is 32.4 Å². The summed E-state index contributed by atoms with van der Waals surface area (Å²) in [6.07, 6.45) is 6.65. The summed E-state index contributed by atoms with van der Waals surface area (Å²) in [5.41, 5.74) is 2.71. The fourth-order valence-corrected chi connectivity index (χ4v) is 3.02. The fraction of sp³-hybridized carbons (Fsp3) is 0.381. The van der Waals surface area contributed by atoms with Crippen LogP contribution >= 0.6 is 0 Å². The zero-order valence-corrected chi connectivity index (χ0v) is 15.4. The van der Waals surface area contributed by atoms with E-state index in [1.165, 1.54) is 5.57 Å². The molecule has 5 heteroatoms. The van der Waals surface area contributed by atoms with Gasteiger partial charge in [0.25, 0.3) is 5.91 Å². The lowest BCUT2D eigenvalue weighted by atomic mass is 10.1. The number of rotatable bonds is 6. The van der Waals surface area contributed by atoms with Crippen LogP contribution in [0.1, 0.15) is 30.6 Å². The molecule has 1 aliphatic heterocycles. The van der Waals surface area contributed by atoms with Gasteiger partial charge in [0, 0.05) is 19.0 Å². The van der Waals surface area contributed by atoms with Crippen molar-refractivity contribution in [3.63, 3.8) is 0 Å². The largest absolute Gasteiger partial charge is 0.379 e. The van der Waals surface area contributed by atoms with Crippen LogP contribution in [0.4, 0.5) is 0 Å². The Balaban J connectivity index is 1.71. The van der Waals surface area contributed by atoms with Crippen molar-refractivity contribution in [2.24, 2.45) is 0 Å². The zero-order valence-electron chi connectivity index (χ0n) is 15.4. The maximum absolute atomic E-state index is 12.9. The van der Waals surface area contributed by atoms with E-state index in [9.17, 15) is 4.79 Å². The highest BCUT2D eigenvalue weighted by Crippen LogP contribution is 2.17. The Morgan fingerprint density at radius 1 is 1.27 bits per heavy atom. The van der Waals surface area contributed by atoms with E-state index in [1.54, 1.807) is 0 Å². The van der Waals surface area contributed by atoms with Crippen molar-refractivity contribution in [3.8, 4) is 5.69 Å². The third kappa shape index (κ3) is 4.62. The van der Waals surface area contributed by atoms with Gasteiger partial charge in [-0.3, -0.25) is 4.79 Å². The van der Waals surface area contributed by atoms with E-state index in [0.717, 1.165) is 12.1 Å². The van der Waals surface area contributed by atoms with E-state index in [2.05, 4.69) is 11.4 Å². The van der Waals surface area contributed by atoms with Crippen LogP contribution in [0.2, 0.25) is 0 Å². The van der Waals surface area contributed by atoms with Gasteiger partial charge in [-0.15, -0.1) is 0 Å². The summed E-state index contributed by atoms with van der Waals surface area (Å²) in [6.45, 7) is 5.78.